The van der Waals surface area contributed by atoms with E-state index in [2.05, 4.69) is 15.4 Å². The molecule has 1 heterocycles. The van der Waals surface area contributed by atoms with Crippen molar-refractivity contribution in [1.29, 1.82) is 0 Å². The van der Waals surface area contributed by atoms with E-state index in [0.717, 1.165) is 11.1 Å². The topological polar surface area (TPSA) is 85.8 Å². The molecule has 6 heteroatoms. The van der Waals surface area contributed by atoms with E-state index in [1.165, 1.54) is 5.56 Å². The van der Waals surface area contributed by atoms with Crippen LogP contribution in [0, 0.1) is 6.92 Å². The molecule has 2 aromatic carbocycles. The highest BCUT2D eigenvalue weighted by molar-refractivity contribution is 5.96. The second kappa shape index (κ2) is 7.09. The van der Waals surface area contributed by atoms with Crippen molar-refractivity contribution in [2.45, 2.75) is 32.9 Å². The third-order valence-electron chi connectivity index (χ3n) is 3.97. The van der Waals surface area contributed by atoms with Crippen LogP contribution in [0.4, 0.5) is 5.95 Å². The number of carbonyl (C=O) groups is 1. The first-order valence-electron chi connectivity index (χ1n) is 8.49. The molecule has 0 spiro atoms. The quantitative estimate of drug-likeness (QED) is 0.741. The Kier molecular flexibility index (Phi) is 4.86. The molecule has 0 saturated heterocycles. The Morgan fingerprint density at radius 3 is 2.38 bits per heavy atom. The van der Waals surface area contributed by atoms with E-state index in [1.54, 1.807) is 18.5 Å². The average molecular weight is 349 g/mol. The van der Waals surface area contributed by atoms with E-state index in [0.29, 0.717) is 12.4 Å². The van der Waals surface area contributed by atoms with Gasteiger partial charge in [0.25, 0.3) is 0 Å². The number of aromatic nitrogens is 3. The molecule has 1 amide bonds. The van der Waals surface area contributed by atoms with Crippen molar-refractivity contribution >= 4 is 11.9 Å². The van der Waals surface area contributed by atoms with E-state index < -0.39 is 5.54 Å². The Morgan fingerprint density at radius 1 is 1.12 bits per heavy atom. The molecule has 0 aliphatic carbocycles. The Morgan fingerprint density at radius 2 is 1.77 bits per heavy atom. The summed E-state index contributed by atoms with van der Waals surface area (Å²) < 4.78 is 1.79. The number of nitrogens with zero attached hydrogens (tertiary/aromatic N) is 3. The highest BCUT2D eigenvalue weighted by atomic mass is 16.2. The van der Waals surface area contributed by atoms with Crippen molar-refractivity contribution in [3.63, 3.8) is 0 Å². The van der Waals surface area contributed by atoms with Crippen LogP contribution in [0.1, 0.15) is 25.0 Å². The molecule has 3 N–H and O–H groups in total. The number of hydrogen-bond donors (Lipinski definition) is 2. The van der Waals surface area contributed by atoms with Gasteiger partial charge in [-0.15, -0.1) is 5.10 Å². The third-order valence-corrected chi connectivity index (χ3v) is 3.97. The first-order valence-corrected chi connectivity index (χ1v) is 8.49. The number of anilines is 1. The van der Waals surface area contributed by atoms with E-state index in [1.807, 2.05) is 61.5 Å². The molecular weight excluding hydrogens is 326 g/mol. The summed E-state index contributed by atoms with van der Waals surface area (Å²) in [5, 5.41) is 7.18. The Bertz CT molecular complexity index is 892. The van der Waals surface area contributed by atoms with Gasteiger partial charge in [0.05, 0.1) is 12.1 Å². The van der Waals surface area contributed by atoms with Crippen LogP contribution in [0.25, 0.3) is 11.4 Å². The second-order valence-corrected chi connectivity index (χ2v) is 6.94. The first-order chi connectivity index (χ1) is 12.3. The van der Waals surface area contributed by atoms with Gasteiger partial charge in [0, 0.05) is 5.56 Å². The van der Waals surface area contributed by atoms with Gasteiger partial charge in [-0.05, 0) is 26.3 Å². The lowest BCUT2D eigenvalue weighted by Gasteiger charge is -2.15. The number of amides is 1. The van der Waals surface area contributed by atoms with Gasteiger partial charge in [-0.1, -0.05) is 60.2 Å². The highest BCUT2D eigenvalue weighted by Gasteiger charge is 2.24. The second-order valence-electron chi connectivity index (χ2n) is 6.94. The van der Waals surface area contributed by atoms with Crippen molar-refractivity contribution in [3.8, 4) is 11.4 Å². The number of benzene rings is 2. The van der Waals surface area contributed by atoms with Gasteiger partial charge in [-0.3, -0.25) is 10.1 Å². The molecule has 0 atom stereocenters. The number of hydrogen-bond acceptors (Lipinski definition) is 4. The van der Waals surface area contributed by atoms with Crippen molar-refractivity contribution in [2.75, 3.05) is 5.32 Å². The van der Waals surface area contributed by atoms with Gasteiger partial charge in [-0.2, -0.15) is 4.98 Å². The van der Waals surface area contributed by atoms with E-state index in [4.69, 9.17) is 5.73 Å². The maximum absolute atomic E-state index is 12.2. The van der Waals surface area contributed by atoms with E-state index in [9.17, 15) is 4.79 Å². The van der Waals surface area contributed by atoms with Crippen molar-refractivity contribution in [1.82, 2.24) is 14.8 Å². The summed E-state index contributed by atoms with van der Waals surface area (Å²) in [5.74, 6) is 0.615. The number of carbonyl (C=O) groups excluding carboxylic acids is 1. The lowest BCUT2D eigenvalue weighted by Crippen LogP contribution is -2.45. The summed E-state index contributed by atoms with van der Waals surface area (Å²) in [5.41, 5.74) is 8.05. The number of aryl methyl sites for hydroxylation is 1. The van der Waals surface area contributed by atoms with Crippen LogP contribution >= 0.6 is 0 Å². The molecule has 26 heavy (non-hydrogen) atoms. The minimum atomic E-state index is -1.01. The van der Waals surface area contributed by atoms with Crippen LogP contribution in [0.15, 0.2) is 54.6 Å². The van der Waals surface area contributed by atoms with Gasteiger partial charge in [0.2, 0.25) is 11.9 Å². The lowest BCUT2D eigenvalue weighted by molar-refractivity contribution is -0.120. The van der Waals surface area contributed by atoms with Crippen molar-refractivity contribution < 1.29 is 4.79 Å². The van der Waals surface area contributed by atoms with Gasteiger partial charge < -0.3 is 5.73 Å². The maximum Gasteiger partial charge on any atom is 0.249 e. The fourth-order valence-electron chi connectivity index (χ4n) is 2.44. The normalized spacial score (nSPS) is 11.4. The SMILES string of the molecule is Cc1ccc(-c2nc(NC(=O)C(C)(C)N)nn2Cc2ccccc2)cc1. The van der Waals surface area contributed by atoms with Gasteiger partial charge >= 0.3 is 0 Å². The maximum atomic E-state index is 12.2. The first kappa shape index (κ1) is 17.8. The monoisotopic (exact) mass is 349 g/mol. The summed E-state index contributed by atoms with van der Waals surface area (Å²) in [6.07, 6.45) is 0. The van der Waals surface area contributed by atoms with Crippen LogP contribution in [-0.2, 0) is 11.3 Å². The zero-order valence-corrected chi connectivity index (χ0v) is 15.2. The number of rotatable bonds is 5. The molecule has 0 aliphatic rings. The fourth-order valence-corrected chi connectivity index (χ4v) is 2.44. The molecule has 3 rings (SSSR count). The van der Waals surface area contributed by atoms with Crippen LogP contribution in [0.3, 0.4) is 0 Å². The molecule has 0 aliphatic heterocycles. The van der Waals surface area contributed by atoms with Gasteiger partial charge in [0.15, 0.2) is 5.82 Å². The summed E-state index contributed by atoms with van der Waals surface area (Å²) in [6.45, 7) is 5.88. The van der Waals surface area contributed by atoms with Crippen molar-refractivity contribution in [3.05, 3.63) is 65.7 Å². The Labute approximate surface area is 153 Å². The Hall–Kier alpha value is -2.99. The third kappa shape index (κ3) is 4.15. The molecule has 3 aromatic rings. The van der Waals surface area contributed by atoms with Crippen LogP contribution in [0.2, 0.25) is 0 Å². The Balaban J connectivity index is 1.97. The predicted molar refractivity (Wildman–Crippen MR) is 103 cm³/mol. The van der Waals surface area contributed by atoms with Crippen LogP contribution < -0.4 is 11.1 Å². The number of nitrogens with one attached hydrogen (secondary N) is 1. The smallest absolute Gasteiger partial charge is 0.249 e. The zero-order chi connectivity index (χ0) is 18.7. The van der Waals surface area contributed by atoms with Gasteiger partial charge in [0.1, 0.15) is 0 Å². The lowest BCUT2D eigenvalue weighted by atomic mass is 10.1. The van der Waals surface area contributed by atoms with E-state index >= 15 is 0 Å². The number of nitrogens with two attached hydrogens (primary N) is 1. The zero-order valence-electron chi connectivity index (χ0n) is 15.2. The molecule has 0 bridgehead atoms. The fraction of sp³-hybridized carbons (Fsp3) is 0.250. The minimum absolute atomic E-state index is 0.250. The largest absolute Gasteiger partial charge is 0.318 e. The standard InChI is InChI=1S/C20H23N5O/c1-14-9-11-16(12-10-14)17-22-19(23-18(26)20(2,3)21)24-25(17)13-15-7-5-4-6-8-15/h4-12H,13,21H2,1-3H3,(H,23,24,26). The molecule has 0 saturated carbocycles. The predicted octanol–water partition coefficient (Wildman–Crippen LogP) is 2.98. The molecule has 0 unspecified atom stereocenters. The summed E-state index contributed by atoms with van der Waals surface area (Å²) in [6, 6.07) is 18.0. The van der Waals surface area contributed by atoms with Gasteiger partial charge in [-0.25, -0.2) is 4.68 Å². The molecule has 1 aromatic heterocycles. The molecular formula is C20H23N5O. The highest BCUT2D eigenvalue weighted by Crippen LogP contribution is 2.21. The molecule has 134 valence electrons. The van der Waals surface area contributed by atoms with Crippen LogP contribution in [-0.4, -0.2) is 26.2 Å². The summed E-state index contributed by atoms with van der Waals surface area (Å²) >= 11 is 0. The summed E-state index contributed by atoms with van der Waals surface area (Å²) in [7, 11) is 0. The molecule has 0 fully saturated rings. The van der Waals surface area contributed by atoms with Crippen LogP contribution in [0.5, 0.6) is 0 Å². The minimum Gasteiger partial charge on any atom is -0.318 e. The van der Waals surface area contributed by atoms with E-state index in [-0.39, 0.29) is 11.9 Å². The summed E-state index contributed by atoms with van der Waals surface area (Å²) in [4.78, 5) is 16.7. The average Bonchev–Trinajstić information content (AvgIpc) is 2.98. The van der Waals surface area contributed by atoms with Crippen molar-refractivity contribution in [2.24, 2.45) is 5.73 Å². The molecule has 0 radical (unpaired) electrons. The molecule has 6 nitrogen and oxygen atoms in total.